The number of hydrogen-bond donors (Lipinski definition) is 1. The zero-order chi connectivity index (χ0) is 11.4. The third kappa shape index (κ3) is 3.03. The first-order chi connectivity index (χ1) is 7.78. The quantitative estimate of drug-likeness (QED) is 0.841. The fraction of sp³-hybridized carbons (Fsp3) is 0.538. The summed E-state index contributed by atoms with van der Waals surface area (Å²) in [7, 11) is 2.02. The van der Waals surface area contributed by atoms with Crippen LogP contribution in [0.3, 0.4) is 0 Å². The number of rotatable bonds is 3. The molecule has 0 saturated carbocycles. The number of likely N-dealkylation sites (N-methyl/N-ethyl adjacent to an activating group) is 1. The molecule has 1 saturated heterocycles. The van der Waals surface area contributed by atoms with E-state index >= 15 is 0 Å². The van der Waals surface area contributed by atoms with Gasteiger partial charge in [-0.1, -0.05) is 12.1 Å². The Morgan fingerprint density at radius 3 is 2.81 bits per heavy atom. The average molecular weight is 222 g/mol. The normalized spacial score (nSPS) is 22.2. The molecule has 1 unspecified atom stereocenters. The summed E-state index contributed by atoms with van der Waals surface area (Å²) in [6.45, 7) is 3.17. The second-order valence-electron chi connectivity index (χ2n) is 4.49. The van der Waals surface area contributed by atoms with Gasteiger partial charge in [-0.15, -0.1) is 0 Å². The molecule has 0 spiro atoms. The minimum Gasteiger partial charge on any atom is -0.316 e. The molecule has 0 aromatic heterocycles. The standard InChI is InChI=1S/C13H19FN2/c1-15-13-3-2-8-16(10-13)9-11-4-6-12(14)7-5-11/h4-7,13,15H,2-3,8-10H2,1H3. The molecule has 88 valence electrons. The monoisotopic (exact) mass is 222 g/mol. The van der Waals surface area contributed by atoms with Crippen molar-refractivity contribution in [3.63, 3.8) is 0 Å². The highest BCUT2D eigenvalue weighted by Crippen LogP contribution is 2.13. The SMILES string of the molecule is CNC1CCCN(Cc2ccc(F)cc2)C1. The Morgan fingerprint density at radius 1 is 1.38 bits per heavy atom. The molecule has 1 aliphatic rings. The molecule has 2 nitrogen and oxygen atoms in total. The van der Waals surface area contributed by atoms with Gasteiger partial charge in [-0.2, -0.15) is 0 Å². The van der Waals surface area contributed by atoms with Crippen molar-refractivity contribution in [3.05, 3.63) is 35.6 Å². The highest BCUT2D eigenvalue weighted by Gasteiger charge is 2.17. The first-order valence-electron chi connectivity index (χ1n) is 5.92. The van der Waals surface area contributed by atoms with Crippen LogP contribution in [0.15, 0.2) is 24.3 Å². The molecule has 1 N–H and O–H groups in total. The maximum atomic E-state index is 12.8. The number of nitrogens with one attached hydrogen (secondary N) is 1. The van der Waals surface area contributed by atoms with Crippen LogP contribution in [-0.4, -0.2) is 31.1 Å². The topological polar surface area (TPSA) is 15.3 Å². The van der Waals surface area contributed by atoms with Crippen LogP contribution in [0.5, 0.6) is 0 Å². The van der Waals surface area contributed by atoms with E-state index in [0.29, 0.717) is 6.04 Å². The van der Waals surface area contributed by atoms with Crippen LogP contribution < -0.4 is 5.32 Å². The van der Waals surface area contributed by atoms with Crippen molar-refractivity contribution < 1.29 is 4.39 Å². The van der Waals surface area contributed by atoms with E-state index in [1.807, 2.05) is 19.2 Å². The molecule has 1 aromatic carbocycles. The zero-order valence-electron chi connectivity index (χ0n) is 9.75. The fourth-order valence-corrected chi connectivity index (χ4v) is 2.28. The van der Waals surface area contributed by atoms with Crippen molar-refractivity contribution in [2.24, 2.45) is 0 Å². The van der Waals surface area contributed by atoms with Gasteiger partial charge in [0.25, 0.3) is 0 Å². The van der Waals surface area contributed by atoms with E-state index < -0.39 is 0 Å². The first-order valence-corrected chi connectivity index (χ1v) is 5.92. The first kappa shape index (κ1) is 11.6. The van der Waals surface area contributed by atoms with Crippen LogP contribution in [0.25, 0.3) is 0 Å². The Bertz CT molecular complexity index is 323. The average Bonchev–Trinajstić information content (AvgIpc) is 2.32. The van der Waals surface area contributed by atoms with E-state index in [0.717, 1.165) is 19.6 Å². The molecule has 0 aliphatic carbocycles. The summed E-state index contributed by atoms with van der Waals surface area (Å²) in [6, 6.07) is 7.43. The molecule has 0 amide bonds. The highest BCUT2D eigenvalue weighted by atomic mass is 19.1. The number of hydrogen-bond acceptors (Lipinski definition) is 2. The van der Waals surface area contributed by atoms with Crippen molar-refractivity contribution >= 4 is 0 Å². The number of piperidine rings is 1. The van der Waals surface area contributed by atoms with Crippen molar-refractivity contribution in [2.75, 3.05) is 20.1 Å². The lowest BCUT2D eigenvalue weighted by Crippen LogP contribution is -2.43. The van der Waals surface area contributed by atoms with Gasteiger partial charge in [0.05, 0.1) is 0 Å². The summed E-state index contributed by atoms with van der Waals surface area (Å²) in [5.74, 6) is -0.157. The second-order valence-corrected chi connectivity index (χ2v) is 4.49. The number of halogens is 1. The highest BCUT2D eigenvalue weighted by molar-refractivity contribution is 5.16. The molecular weight excluding hydrogens is 203 g/mol. The van der Waals surface area contributed by atoms with Gasteiger partial charge in [-0.25, -0.2) is 4.39 Å². The second kappa shape index (κ2) is 5.41. The van der Waals surface area contributed by atoms with Crippen LogP contribution in [0.4, 0.5) is 4.39 Å². The van der Waals surface area contributed by atoms with Crippen LogP contribution >= 0.6 is 0 Å². The fourth-order valence-electron chi connectivity index (χ4n) is 2.28. The maximum absolute atomic E-state index is 12.8. The smallest absolute Gasteiger partial charge is 0.123 e. The minimum absolute atomic E-state index is 0.157. The summed E-state index contributed by atoms with van der Waals surface area (Å²) < 4.78 is 12.8. The molecule has 1 aliphatic heterocycles. The van der Waals surface area contributed by atoms with Crippen LogP contribution in [-0.2, 0) is 6.54 Å². The van der Waals surface area contributed by atoms with Gasteiger partial charge in [-0.05, 0) is 44.1 Å². The van der Waals surface area contributed by atoms with Gasteiger partial charge in [0.15, 0.2) is 0 Å². The van der Waals surface area contributed by atoms with E-state index in [4.69, 9.17) is 0 Å². The Kier molecular flexibility index (Phi) is 3.91. The molecule has 16 heavy (non-hydrogen) atoms. The predicted molar refractivity (Wildman–Crippen MR) is 63.8 cm³/mol. The van der Waals surface area contributed by atoms with E-state index in [2.05, 4.69) is 10.2 Å². The third-order valence-electron chi connectivity index (χ3n) is 3.23. The summed E-state index contributed by atoms with van der Waals surface area (Å²) in [4.78, 5) is 2.43. The third-order valence-corrected chi connectivity index (χ3v) is 3.23. The van der Waals surface area contributed by atoms with Gasteiger partial charge in [0.2, 0.25) is 0 Å². The molecule has 0 bridgehead atoms. The van der Waals surface area contributed by atoms with Crippen molar-refractivity contribution in [1.29, 1.82) is 0 Å². The molecule has 0 radical (unpaired) electrons. The van der Waals surface area contributed by atoms with Crippen LogP contribution in [0, 0.1) is 5.82 Å². The summed E-state index contributed by atoms with van der Waals surface area (Å²) in [5.41, 5.74) is 1.19. The number of benzene rings is 1. The van der Waals surface area contributed by atoms with E-state index in [-0.39, 0.29) is 5.82 Å². The van der Waals surface area contributed by atoms with Crippen molar-refractivity contribution in [1.82, 2.24) is 10.2 Å². The molecule has 3 heteroatoms. The van der Waals surface area contributed by atoms with Crippen LogP contribution in [0.2, 0.25) is 0 Å². The Balaban J connectivity index is 1.91. The molecule has 1 fully saturated rings. The molecule has 2 rings (SSSR count). The lowest BCUT2D eigenvalue weighted by molar-refractivity contribution is 0.188. The molecule has 1 atom stereocenters. The summed E-state index contributed by atoms with van der Waals surface area (Å²) >= 11 is 0. The van der Waals surface area contributed by atoms with Crippen molar-refractivity contribution in [2.45, 2.75) is 25.4 Å². The van der Waals surface area contributed by atoms with E-state index in [1.54, 1.807) is 0 Å². The van der Waals surface area contributed by atoms with Gasteiger partial charge in [0.1, 0.15) is 5.82 Å². The van der Waals surface area contributed by atoms with Crippen LogP contribution in [0.1, 0.15) is 18.4 Å². The van der Waals surface area contributed by atoms with Gasteiger partial charge in [-0.3, -0.25) is 4.90 Å². The van der Waals surface area contributed by atoms with E-state index in [1.165, 1.54) is 30.5 Å². The predicted octanol–water partition coefficient (Wildman–Crippen LogP) is 2.01. The zero-order valence-corrected chi connectivity index (χ0v) is 9.75. The van der Waals surface area contributed by atoms with Gasteiger partial charge >= 0.3 is 0 Å². The summed E-state index contributed by atoms with van der Waals surface area (Å²) in [5, 5.41) is 3.33. The lowest BCUT2D eigenvalue weighted by atomic mass is 10.1. The van der Waals surface area contributed by atoms with Gasteiger partial charge < -0.3 is 5.32 Å². The maximum Gasteiger partial charge on any atom is 0.123 e. The summed E-state index contributed by atoms with van der Waals surface area (Å²) in [6.07, 6.45) is 2.50. The minimum atomic E-state index is -0.157. The number of likely N-dealkylation sites (tertiary alicyclic amines) is 1. The Hall–Kier alpha value is -0.930. The Morgan fingerprint density at radius 2 is 2.12 bits per heavy atom. The molecular formula is C13H19FN2. The molecule has 1 heterocycles. The van der Waals surface area contributed by atoms with E-state index in [9.17, 15) is 4.39 Å². The van der Waals surface area contributed by atoms with Crippen molar-refractivity contribution in [3.8, 4) is 0 Å². The Labute approximate surface area is 96.5 Å². The molecule has 1 aromatic rings. The largest absolute Gasteiger partial charge is 0.316 e. The lowest BCUT2D eigenvalue weighted by Gasteiger charge is -2.32. The number of nitrogens with zero attached hydrogens (tertiary/aromatic N) is 1. The van der Waals surface area contributed by atoms with Gasteiger partial charge in [0, 0.05) is 19.1 Å².